The first-order chi connectivity index (χ1) is 12.7. The van der Waals surface area contributed by atoms with Gasteiger partial charge in [-0.2, -0.15) is 4.98 Å². The summed E-state index contributed by atoms with van der Waals surface area (Å²) >= 11 is 0. The number of nitrogens with zero attached hydrogens (tertiary/aromatic N) is 2. The monoisotopic (exact) mass is 350 g/mol. The van der Waals surface area contributed by atoms with Crippen molar-refractivity contribution >= 4 is 17.5 Å². The zero-order chi connectivity index (χ0) is 18.4. The number of aliphatic hydroxyl groups is 1. The molecular weight excluding hydrogens is 328 g/mol. The molecule has 26 heavy (non-hydrogen) atoms. The van der Waals surface area contributed by atoms with Gasteiger partial charge in [-0.05, 0) is 19.1 Å². The minimum Gasteiger partial charge on any atom is -0.497 e. The molecule has 134 valence electrons. The van der Waals surface area contributed by atoms with E-state index in [1.807, 2.05) is 67.6 Å². The quantitative estimate of drug-likeness (QED) is 0.603. The van der Waals surface area contributed by atoms with Gasteiger partial charge >= 0.3 is 0 Å². The summed E-state index contributed by atoms with van der Waals surface area (Å²) in [6.07, 6.45) is 0. The molecule has 6 heteroatoms. The second-order valence-corrected chi connectivity index (χ2v) is 5.91. The van der Waals surface area contributed by atoms with Crippen molar-refractivity contribution in [2.24, 2.45) is 0 Å². The van der Waals surface area contributed by atoms with Crippen molar-refractivity contribution in [3.8, 4) is 17.0 Å². The van der Waals surface area contributed by atoms with Gasteiger partial charge in [0.15, 0.2) is 0 Å². The maximum atomic E-state index is 9.30. The van der Waals surface area contributed by atoms with Crippen LogP contribution in [0.1, 0.15) is 6.92 Å². The number of hydrogen-bond acceptors (Lipinski definition) is 6. The Bertz CT molecular complexity index is 855. The van der Waals surface area contributed by atoms with Gasteiger partial charge in [0.2, 0.25) is 5.95 Å². The van der Waals surface area contributed by atoms with Crippen molar-refractivity contribution in [3.05, 3.63) is 60.7 Å². The van der Waals surface area contributed by atoms with Crippen LogP contribution in [0.2, 0.25) is 0 Å². The third-order valence-corrected chi connectivity index (χ3v) is 3.79. The number of aliphatic hydroxyl groups excluding tert-OH is 1. The van der Waals surface area contributed by atoms with Crippen LogP contribution >= 0.6 is 0 Å². The Morgan fingerprint density at radius 2 is 1.85 bits per heavy atom. The number of methoxy groups -OCH3 is 1. The maximum absolute atomic E-state index is 9.30. The van der Waals surface area contributed by atoms with E-state index in [4.69, 9.17) is 4.74 Å². The SMILES string of the molecule is COc1cccc(Nc2cc(-c3ccccc3)nc(N[C@H](C)CO)n2)c1. The number of benzene rings is 2. The number of rotatable bonds is 7. The molecule has 0 aliphatic rings. The minimum atomic E-state index is -0.148. The molecule has 0 radical (unpaired) electrons. The van der Waals surface area contributed by atoms with Crippen LogP contribution in [0.5, 0.6) is 5.75 Å². The number of hydrogen-bond donors (Lipinski definition) is 3. The summed E-state index contributed by atoms with van der Waals surface area (Å²) in [5.41, 5.74) is 2.64. The highest BCUT2D eigenvalue weighted by Crippen LogP contribution is 2.25. The van der Waals surface area contributed by atoms with Crippen LogP contribution in [0.3, 0.4) is 0 Å². The van der Waals surface area contributed by atoms with E-state index >= 15 is 0 Å². The third-order valence-electron chi connectivity index (χ3n) is 3.79. The van der Waals surface area contributed by atoms with Crippen LogP contribution in [0.15, 0.2) is 60.7 Å². The summed E-state index contributed by atoms with van der Waals surface area (Å²) in [5, 5.41) is 15.7. The molecule has 3 aromatic rings. The van der Waals surface area contributed by atoms with Gasteiger partial charge in [0.05, 0.1) is 19.4 Å². The molecule has 1 atom stereocenters. The minimum absolute atomic E-state index is 0.00241. The van der Waals surface area contributed by atoms with Gasteiger partial charge in [-0.15, -0.1) is 0 Å². The smallest absolute Gasteiger partial charge is 0.225 e. The fourth-order valence-electron chi connectivity index (χ4n) is 2.45. The van der Waals surface area contributed by atoms with Crippen LogP contribution in [-0.2, 0) is 0 Å². The van der Waals surface area contributed by atoms with Crippen LogP contribution in [0.4, 0.5) is 17.5 Å². The van der Waals surface area contributed by atoms with Gasteiger partial charge in [-0.1, -0.05) is 36.4 Å². The second-order valence-electron chi connectivity index (χ2n) is 5.91. The van der Waals surface area contributed by atoms with Gasteiger partial charge in [-0.3, -0.25) is 0 Å². The summed E-state index contributed by atoms with van der Waals surface area (Å²) in [4.78, 5) is 9.08. The van der Waals surface area contributed by atoms with Gasteiger partial charge in [0, 0.05) is 29.4 Å². The van der Waals surface area contributed by atoms with E-state index in [0.717, 1.165) is 22.7 Å². The van der Waals surface area contributed by atoms with E-state index in [0.29, 0.717) is 11.8 Å². The number of nitrogens with one attached hydrogen (secondary N) is 2. The largest absolute Gasteiger partial charge is 0.497 e. The average molecular weight is 350 g/mol. The summed E-state index contributed by atoms with van der Waals surface area (Å²) < 4.78 is 5.26. The Balaban J connectivity index is 1.96. The zero-order valence-corrected chi connectivity index (χ0v) is 14.8. The van der Waals surface area contributed by atoms with Gasteiger partial charge in [-0.25, -0.2) is 4.98 Å². The Labute approximate surface area is 152 Å². The summed E-state index contributed by atoms with van der Waals surface area (Å²) in [5.74, 6) is 1.87. The Kier molecular flexibility index (Phi) is 5.66. The molecule has 0 spiro atoms. The first kappa shape index (κ1) is 17.7. The normalized spacial score (nSPS) is 11.7. The number of aromatic nitrogens is 2. The third kappa shape index (κ3) is 4.49. The fraction of sp³-hybridized carbons (Fsp3) is 0.200. The van der Waals surface area contributed by atoms with E-state index in [-0.39, 0.29) is 12.6 Å². The standard InChI is InChI=1S/C20H22N4O2/c1-14(13-25)21-20-23-18(15-7-4-3-5-8-15)12-19(24-20)22-16-9-6-10-17(11-16)26-2/h3-12,14,25H,13H2,1-2H3,(H2,21,22,23,24)/t14-/m1/s1. The predicted octanol–water partition coefficient (Wildman–Crippen LogP) is 3.69. The molecule has 0 saturated carbocycles. The van der Waals surface area contributed by atoms with Crippen LogP contribution in [0.25, 0.3) is 11.3 Å². The Morgan fingerprint density at radius 1 is 1.04 bits per heavy atom. The van der Waals surface area contributed by atoms with E-state index in [1.54, 1.807) is 7.11 Å². The molecule has 0 aliphatic carbocycles. The molecule has 0 amide bonds. The summed E-state index contributed by atoms with van der Waals surface area (Å²) in [6.45, 7) is 1.87. The maximum Gasteiger partial charge on any atom is 0.225 e. The Hall–Kier alpha value is -3.12. The van der Waals surface area contributed by atoms with Gasteiger partial charge in [0.25, 0.3) is 0 Å². The number of ether oxygens (including phenoxy) is 1. The van der Waals surface area contributed by atoms with Crippen molar-refractivity contribution in [1.82, 2.24) is 9.97 Å². The van der Waals surface area contributed by atoms with Crippen LogP contribution in [-0.4, -0.2) is 34.8 Å². The molecule has 0 aliphatic heterocycles. The molecule has 0 fully saturated rings. The highest BCUT2D eigenvalue weighted by atomic mass is 16.5. The predicted molar refractivity (Wildman–Crippen MR) is 104 cm³/mol. The Morgan fingerprint density at radius 3 is 2.58 bits per heavy atom. The number of anilines is 3. The second kappa shape index (κ2) is 8.31. The average Bonchev–Trinajstić information content (AvgIpc) is 2.68. The van der Waals surface area contributed by atoms with Crippen LogP contribution in [0, 0.1) is 0 Å². The van der Waals surface area contributed by atoms with Gasteiger partial charge < -0.3 is 20.5 Å². The van der Waals surface area contributed by atoms with Crippen molar-refractivity contribution in [2.45, 2.75) is 13.0 Å². The van der Waals surface area contributed by atoms with E-state index in [9.17, 15) is 5.11 Å². The van der Waals surface area contributed by atoms with E-state index in [1.165, 1.54) is 0 Å². The summed E-state index contributed by atoms with van der Waals surface area (Å²) in [7, 11) is 1.63. The first-order valence-corrected chi connectivity index (χ1v) is 8.41. The lowest BCUT2D eigenvalue weighted by atomic mass is 10.1. The highest BCUT2D eigenvalue weighted by Gasteiger charge is 2.09. The molecule has 0 unspecified atom stereocenters. The van der Waals surface area contributed by atoms with Crippen LogP contribution < -0.4 is 15.4 Å². The first-order valence-electron chi connectivity index (χ1n) is 8.41. The highest BCUT2D eigenvalue weighted by molar-refractivity contribution is 5.67. The molecule has 3 rings (SSSR count). The van der Waals surface area contributed by atoms with Gasteiger partial charge in [0.1, 0.15) is 11.6 Å². The molecule has 6 nitrogen and oxygen atoms in total. The van der Waals surface area contributed by atoms with Crippen molar-refractivity contribution in [2.75, 3.05) is 24.4 Å². The topological polar surface area (TPSA) is 79.3 Å². The zero-order valence-electron chi connectivity index (χ0n) is 14.8. The molecule has 0 bridgehead atoms. The molecule has 1 heterocycles. The van der Waals surface area contributed by atoms with E-state index < -0.39 is 0 Å². The van der Waals surface area contributed by atoms with E-state index in [2.05, 4.69) is 20.6 Å². The molecular formula is C20H22N4O2. The molecule has 1 aromatic heterocycles. The molecule has 3 N–H and O–H groups in total. The summed E-state index contributed by atoms with van der Waals surface area (Å²) in [6, 6.07) is 19.3. The fourth-order valence-corrected chi connectivity index (χ4v) is 2.45. The lowest BCUT2D eigenvalue weighted by molar-refractivity contribution is 0.281. The van der Waals surface area contributed by atoms with Crippen molar-refractivity contribution in [3.63, 3.8) is 0 Å². The van der Waals surface area contributed by atoms with Crippen molar-refractivity contribution in [1.29, 1.82) is 0 Å². The lowest BCUT2D eigenvalue weighted by Gasteiger charge is -2.14. The molecule has 0 saturated heterocycles. The molecule has 2 aromatic carbocycles. The van der Waals surface area contributed by atoms with Crippen molar-refractivity contribution < 1.29 is 9.84 Å². The lowest BCUT2D eigenvalue weighted by Crippen LogP contribution is -2.21.